The van der Waals surface area contributed by atoms with Crippen LogP contribution in [0.4, 0.5) is 0 Å². The molecule has 6 heteroatoms. The second-order valence-corrected chi connectivity index (χ2v) is 7.07. The first-order chi connectivity index (χ1) is 13.2. The number of carbonyl (C=O) groups excluding carboxylic acids is 1. The Morgan fingerprint density at radius 1 is 1.15 bits per heavy atom. The van der Waals surface area contributed by atoms with Crippen LogP contribution >= 0.6 is 11.3 Å². The highest BCUT2D eigenvalue weighted by molar-refractivity contribution is 7.13. The predicted molar refractivity (Wildman–Crippen MR) is 106 cm³/mol. The summed E-state index contributed by atoms with van der Waals surface area (Å²) in [5, 5.41) is 5.83. The number of hydrogen-bond donors (Lipinski definition) is 1. The molecule has 0 saturated heterocycles. The van der Waals surface area contributed by atoms with Crippen LogP contribution in [0.2, 0.25) is 0 Å². The molecular weight excluding hydrogens is 358 g/mol. The molecule has 136 valence electrons. The summed E-state index contributed by atoms with van der Waals surface area (Å²) >= 11 is 1.58. The van der Waals surface area contributed by atoms with Crippen molar-refractivity contribution >= 4 is 17.2 Å². The molecule has 0 fully saturated rings. The topological polar surface area (TPSA) is 60.1 Å². The van der Waals surface area contributed by atoms with Crippen LogP contribution in [0.5, 0.6) is 0 Å². The van der Waals surface area contributed by atoms with Crippen molar-refractivity contribution in [1.29, 1.82) is 0 Å². The molecular formula is C21H19N3O2S. The number of nitrogens with zero attached hydrogens (tertiary/aromatic N) is 2. The first-order valence-corrected chi connectivity index (χ1v) is 9.55. The Bertz CT molecular complexity index is 1050. The zero-order chi connectivity index (χ0) is 18.6. The van der Waals surface area contributed by atoms with E-state index in [-0.39, 0.29) is 12.5 Å². The van der Waals surface area contributed by atoms with Gasteiger partial charge in [0.1, 0.15) is 23.1 Å². The molecule has 0 spiro atoms. The van der Waals surface area contributed by atoms with E-state index in [1.165, 1.54) is 0 Å². The Labute approximate surface area is 161 Å². The van der Waals surface area contributed by atoms with E-state index < -0.39 is 0 Å². The maximum absolute atomic E-state index is 12.3. The highest BCUT2D eigenvalue weighted by Gasteiger charge is 2.12. The molecule has 3 aromatic heterocycles. The smallest absolute Gasteiger partial charge is 0.240 e. The second kappa shape index (κ2) is 7.63. The van der Waals surface area contributed by atoms with Crippen LogP contribution in [-0.4, -0.2) is 15.5 Å². The Kier molecular flexibility index (Phi) is 4.89. The minimum Gasteiger partial charge on any atom is -0.465 e. The fourth-order valence-corrected chi connectivity index (χ4v) is 3.72. The first-order valence-electron chi connectivity index (χ1n) is 8.67. The van der Waals surface area contributed by atoms with Gasteiger partial charge in [0.05, 0.1) is 17.9 Å². The summed E-state index contributed by atoms with van der Waals surface area (Å²) in [5.41, 5.74) is 2.97. The van der Waals surface area contributed by atoms with Crippen LogP contribution in [0.3, 0.4) is 0 Å². The normalized spacial score (nSPS) is 10.9. The summed E-state index contributed by atoms with van der Waals surface area (Å²) < 4.78 is 7.39. The number of benzene rings is 1. The lowest BCUT2D eigenvalue weighted by Crippen LogP contribution is -2.26. The van der Waals surface area contributed by atoms with Crippen molar-refractivity contribution < 1.29 is 9.21 Å². The van der Waals surface area contributed by atoms with Crippen molar-refractivity contribution in [3.63, 3.8) is 0 Å². The number of aromatic nitrogens is 2. The molecule has 0 unspecified atom stereocenters. The SMILES string of the molecule is Cc1ccc(CNC(=O)Cn2cccc2-c2nc(-c3ccccc3)cs2)o1. The van der Waals surface area contributed by atoms with Gasteiger partial charge in [-0.15, -0.1) is 11.3 Å². The maximum atomic E-state index is 12.3. The number of thiazole rings is 1. The zero-order valence-electron chi connectivity index (χ0n) is 14.9. The number of carbonyl (C=O) groups is 1. The molecule has 0 saturated carbocycles. The Hall–Kier alpha value is -3.12. The molecule has 0 atom stereocenters. The molecule has 1 N–H and O–H groups in total. The molecule has 0 aliphatic carbocycles. The number of amides is 1. The summed E-state index contributed by atoms with van der Waals surface area (Å²) in [4.78, 5) is 17.0. The molecule has 0 radical (unpaired) electrons. The van der Waals surface area contributed by atoms with Crippen molar-refractivity contribution in [2.45, 2.75) is 20.0 Å². The van der Waals surface area contributed by atoms with Gasteiger partial charge in [-0.25, -0.2) is 4.98 Å². The second-order valence-electron chi connectivity index (χ2n) is 6.21. The van der Waals surface area contributed by atoms with Crippen molar-refractivity contribution in [3.05, 3.63) is 77.7 Å². The maximum Gasteiger partial charge on any atom is 0.240 e. The lowest BCUT2D eigenvalue weighted by molar-refractivity contribution is -0.121. The highest BCUT2D eigenvalue weighted by Crippen LogP contribution is 2.29. The fourth-order valence-electron chi connectivity index (χ4n) is 2.86. The molecule has 1 amide bonds. The molecule has 0 aliphatic heterocycles. The first kappa shape index (κ1) is 17.3. The van der Waals surface area contributed by atoms with Gasteiger partial charge in [-0.1, -0.05) is 30.3 Å². The van der Waals surface area contributed by atoms with Crippen molar-refractivity contribution in [1.82, 2.24) is 14.9 Å². The third-order valence-corrected chi connectivity index (χ3v) is 5.06. The minimum atomic E-state index is -0.0682. The van der Waals surface area contributed by atoms with E-state index in [0.29, 0.717) is 6.54 Å². The third kappa shape index (κ3) is 4.01. The van der Waals surface area contributed by atoms with E-state index in [9.17, 15) is 4.79 Å². The molecule has 5 nitrogen and oxygen atoms in total. The standard InChI is InChI=1S/C21H19N3O2S/c1-15-9-10-17(26-15)12-22-20(25)13-24-11-5-8-19(24)21-23-18(14-27-21)16-6-3-2-4-7-16/h2-11,14H,12-13H2,1H3,(H,22,25). The van der Waals surface area contributed by atoms with Gasteiger partial charge < -0.3 is 14.3 Å². The molecule has 1 aromatic carbocycles. The highest BCUT2D eigenvalue weighted by atomic mass is 32.1. The van der Waals surface area contributed by atoms with Gasteiger partial charge in [-0.05, 0) is 31.2 Å². The van der Waals surface area contributed by atoms with Gasteiger partial charge in [0.25, 0.3) is 0 Å². The summed E-state index contributed by atoms with van der Waals surface area (Å²) in [5.74, 6) is 1.52. The van der Waals surface area contributed by atoms with Gasteiger partial charge in [-0.2, -0.15) is 0 Å². The largest absolute Gasteiger partial charge is 0.465 e. The average molecular weight is 377 g/mol. The van der Waals surface area contributed by atoms with Crippen LogP contribution in [-0.2, 0) is 17.9 Å². The number of rotatable bonds is 6. The van der Waals surface area contributed by atoms with E-state index in [4.69, 9.17) is 9.40 Å². The summed E-state index contributed by atoms with van der Waals surface area (Å²) in [6, 6.07) is 17.8. The van der Waals surface area contributed by atoms with Crippen molar-refractivity contribution in [2.24, 2.45) is 0 Å². The van der Waals surface area contributed by atoms with E-state index >= 15 is 0 Å². The van der Waals surface area contributed by atoms with Crippen LogP contribution in [0.1, 0.15) is 11.5 Å². The number of nitrogens with one attached hydrogen (secondary N) is 1. The quantitative estimate of drug-likeness (QED) is 0.538. The number of aryl methyl sites for hydroxylation is 1. The van der Waals surface area contributed by atoms with Crippen LogP contribution in [0, 0.1) is 6.92 Å². The molecule has 27 heavy (non-hydrogen) atoms. The van der Waals surface area contributed by atoms with Crippen LogP contribution < -0.4 is 5.32 Å². The van der Waals surface area contributed by atoms with E-state index in [2.05, 4.69) is 5.32 Å². The Morgan fingerprint density at radius 3 is 2.78 bits per heavy atom. The van der Waals surface area contributed by atoms with Crippen molar-refractivity contribution in [3.8, 4) is 22.0 Å². The predicted octanol–water partition coefficient (Wildman–Crippen LogP) is 4.50. The number of furan rings is 1. The molecule has 3 heterocycles. The number of hydrogen-bond acceptors (Lipinski definition) is 4. The summed E-state index contributed by atoms with van der Waals surface area (Å²) in [7, 11) is 0. The summed E-state index contributed by atoms with van der Waals surface area (Å²) in [6.07, 6.45) is 1.90. The molecule has 0 aliphatic rings. The van der Waals surface area contributed by atoms with Crippen LogP contribution in [0.15, 0.2) is 70.6 Å². The lowest BCUT2D eigenvalue weighted by Gasteiger charge is -2.08. The van der Waals surface area contributed by atoms with Crippen molar-refractivity contribution in [2.75, 3.05) is 0 Å². The Balaban J connectivity index is 1.45. The van der Waals surface area contributed by atoms with E-state index in [1.54, 1.807) is 11.3 Å². The van der Waals surface area contributed by atoms with E-state index in [1.807, 2.05) is 77.7 Å². The van der Waals surface area contributed by atoms with Gasteiger partial charge in [0.2, 0.25) is 5.91 Å². The monoisotopic (exact) mass is 377 g/mol. The minimum absolute atomic E-state index is 0.0682. The molecule has 4 aromatic rings. The molecule has 4 rings (SSSR count). The van der Waals surface area contributed by atoms with E-state index in [0.717, 1.165) is 33.5 Å². The van der Waals surface area contributed by atoms with Crippen LogP contribution in [0.25, 0.3) is 22.0 Å². The third-order valence-electron chi connectivity index (χ3n) is 4.19. The summed E-state index contributed by atoms with van der Waals surface area (Å²) in [6.45, 7) is 2.51. The van der Waals surface area contributed by atoms with Gasteiger partial charge in [-0.3, -0.25) is 4.79 Å². The van der Waals surface area contributed by atoms with Gasteiger partial charge in [0.15, 0.2) is 0 Å². The zero-order valence-corrected chi connectivity index (χ0v) is 15.7. The average Bonchev–Trinajstić information content (AvgIpc) is 3.41. The van der Waals surface area contributed by atoms with Gasteiger partial charge >= 0.3 is 0 Å². The fraction of sp³-hybridized carbons (Fsp3) is 0.143. The Morgan fingerprint density at radius 2 is 2.00 bits per heavy atom. The lowest BCUT2D eigenvalue weighted by atomic mass is 10.2. The van der Waals surface area contributed by atoms with Gasteiger partial charge in [0, 0.05) is 17.1 Å². The molecule has 0 bridgehead atoms.